The van der Waals surface area contributed by atoms with E-state index in [2.05, 4.69) is 31.3 Å². The zero-order valence-corrected chi connectivity index (χ0v) is 34.8. The molecule has 0 aromatic rings. The monoisotopic (exact) mass is 738 g/mol. The molecule has 6 nitrogen and oxygen atoms in total. The molecule has 0 saturated heterocycles. The van der Waals surface area contributed by atoms with Gasteiger partial charge in [0.1, 0.15) is 12.2 Å². The standard InChI is InChI=1S/C46H91NO5/c1-3-5-7-9-11-13-15-17-18-19-20-21-22-23-24-25-26-28-30-32-34-36-38-40-44(50)46(52)47-42(41-48)45(51)43(49)39-37-35-33-31-29-27-16-14-12-10-8-6-4-2/h23-24,42-45,48-51H,3-22,25-41H2,1-2H3,(H,47,52)/b24-23-. The van der Waals surface area contributed by atoms with Gasteiger partial charge in [-0.1, -0.05) is 219 Å². The SMILES string of the molecule is CCCCCCCCCCCCCC/C=C\CCCCCCCCCC(O)C(=O)NC(CO)C(O)C(O)CCCCCCCCCCCCCCC. The average molecular weight is 738 g/mol. The molecule has 52 heavy (non-hydrogen) atoms. The van der Waals surface area contributed by atoms with E-state index in [9.17, 15) is 25.2 Å². The second kappa shape index (κ2) is 41.2. The highest BCUT2D eigenvalue weighted by atomic mass is 16.3. The molecule has 0 aliphatic carbocycles. The summed E-state index contributed by atoms with van der Waals surface area (Å²) in [7, 11) is 0. The third kappa shape index (κ3) is 34.8. The smallest absolute Gasteiger partial charge is 0.249 e. The lowest BCUT2D eigenvalue weighted by atomic mass is 9.99. The van der Waals surface area contributed by atoms with Gasteiger partial charge in [0.05, 0.1) is 18.8 Å². The maximum atomic E-state index is 12.5. The van der Waals surface area contributed by atoms with E-state index in [-0.39, 0.29) is 0 Å². The van der Waals surface area contributed by atoms with Crippen molar-refractivity contribution in [1.82, 2.24) is 5.32 Å². The largest absolute Gasteiger partial charge is 0.394 e. The Labute approximate surface area is 323 Å². The molecule has 1 amide bonds. The summed E-state index contributed by atoms with van der Waals surface area (Å²) >= 11 is 0. The number of rotatable bonds is 42. The number of allylic oxidation sites excluding steroid dienone is 2. The van der Waals surface area contributed by atoms with Crippen LogP contribution in [0.2, 0.25) is 0 Å². The molecule has 0 aromatic heterocycles. The second-order valence-corrected chi connectivity index (χ2v) is 16.1. The van der Waals surface area contributed by atoms with Gasteiger partial charge in [0, 0.05) is 0 Å². The molecule has 0 rings (SSSR count). The van der Waals surface area contributed by atoms with Crippen molar-refractivity contribution in [3.63, 3.8) is 0 Å². The van der Waals surface area contributed by atoms with Crippen molar-refractivity contribution < 1.29 is 25.2 Å². The molecule has 310 valence electrons. The quantitative estimate of drug-likeness (QED) is 0.0316. The van der Waals surface area contributed by atoms with Crippen molar-refractivity contribution in [3.8, 4) is 0 Å². The highest BCUT2D eigenvalue weighted by Gasteiger charge is 2.28. The minimum Gasteiger partial charge on any atom is -0.394 e. The van der Waals surface area contributed by atoms with Gasteiger partial charge in [0.2, 0.25) is 5.91 Å². The molecule has 0 radical (unpaired) electrons. The number of unbranched alkanes of at least 4 members (excludes halogenated alkanes) is 31. The van der Waals surface area contributed by atoms with Crippen molar-refractivity contribution in [1.29, 1.82) is 0 Å². The first-order valence-electron chi connectivity index (χ1n) is 23.1. The van der Waals surface area contributed by atoms with Crippen molar-refractivity contribution in [2.24, 2.45) is 0 Å². The summed E-state index contributed by atoms with van der Waals surface area (Å²) in [4.78, 5) is 12.5. The molecule has 4 atom stereocenters. The number of hydrogen-bond acceptors (Lipinski definition) is 5. The Kier molecular flexibility index (Phi) is 40.5. The number of hydrogen-bond donors (Lipinski definition) is 5. The van der Waals surface area contributed by atoms with Gasteiger partial charge in [-0.25, -0.2) is 0 Å². The lowest BCUT2D eigenvalue weighted by Gasteiger charge is -2.27. The van der Waals surface area contributed by atoms with Gasteiger partial charge in [-0.05, 0) is 38.5 Å². The van der Waals surface area contributed by atoms with Gasteiger partial charge in [-0.2, -0.15) is 0 Å². The van der Waals surface area contributed by atoms with Crippen molar-refractivity contribution in [3.05, 3.63) is 12.2 Å². The van der Waals surface area contributed by atoms with Gasteiger partial charge >= 0.3 is 0 Å². The van der Waals surface area contributed by atoms with Crippen LogP contribution >= 0.6 is 0 Å². The Morgan fingerprint density at radius 1 is 0.462 bits per heavy atom. The summed E-state index contributed by atoms with van der Waals surface area (Å²) in [6.45, 7) is 4.06. The fraction of sp³-hybridized carbons (Fsp3) is 0.935. The fourth-order valence-corrected chi connectivity index (χ4v) is 7.28. The van der Waals surface area contributed by atoms with E-state index in [1.165, 1.54) is 180 Å². The highest BCUT2D eigenvalue weighted by molar-refractivity contribution is 5.80. The molecule has 0 bridgehead atoms. The van der Waals surface area contributed by atoms with E-state index in [0.717, 1.165) is 38.5 Å². The topological polar surface area (TPSA) is 110 Å². The lowest BCUT2D eigenvalue weighted by molar-refractivity contribution is -0.132. The number of carbonyl (C=O) groups is 1. The van der Waals surface area contributed by atoms with Crippen LogP contribution in [0.5, 0.6) is 0 Å². The Morgan fingerprint density at radius 2 is 0.769 bits per heavy atom. The van der Waals surface area contributed by atoms with E-state index < -0.39 is 36.9 Å². The van der Waals surface area contributed by atoms with Crippen LogP contribution in [-0.4, -0.2) is 57.3 Å². The first-order chi connectivity index (χ1) is 25.5. The predicted molar refractivity (Wildman–Crippen MR) is 224 cm³/mol. The summed E-state index contributed by atoms with van der Waals surface area (Å²) < 4.78 is 0. The van der Waals surface area contributed by atoms with Gasteiger partial charge in [-0.3, -0.25) is 4.79 Å². The van der Waals surface area contributed by atoms with Crippen molar-refractivity contribution >= 4 is 5.91 Å². The molecular weight excluding hydrogens is 647 g/mol. The molecule has 0 aromatic carbocycles. The Bertz CT molecular complexity index is 746. The maximum absolute atomic E-state index is 12.5. The molecule has 0 aliphatic heterocycles. The van der Waals surface area contributed by atoms with Crippen LogP contribution in [0.4, 0.5) is 0 Å². The van der Waals surface area contributed by atoms with Crippen LogP contribution in [-0.2, 0) is 4.79 Å². The Balaban J connectivity index is 3.68. The van der Waals surface area contributed by atoms with E-state index in [1.54, 1.807) is 0 Å². The number of carbonyl (C=O) groups excluding carboxylic acids is 1. The first kappa shape index (κ1) is 51.0. The molecule has 6 heteroatoms. The Morgan fingerprint density at radius 3 is 1.12 bits per heavy atom. The van der Waals surface area contributed by atoms with Crippen LogP contribution in [0, 0.1) is 0 Å². The summed E-state index contributed by atoms with van der Waals surface area (Å²) in [6.07, 6.45) is 45.3. The number of amides is 1. The summed E-state index contributed by atoms with van der Waals surface area (Å²) in [5, 5.41) is 43.7. The third-order valence-electron chi connectivity index (χ3n) is 11.0. The van der Waals surface area contributed by atoms with Crippen molar-refractivity contribution in [2.45, 2.75) is 269 Å². The fourth-order valence-electron chi connectivity index (χ4n) is 7.28. The molecule has 0 fully saturated rings. The summed E-state index contributed by atoms with van der Waals surface area (Å²) in [5.74, 6) is -0.585. The zero-order valence-electron chi connectivity index (χ0n) is 34.8. The summed E-state index contributed by atoms with van der Waals surface area (Å²) in [6, 6.07) is -0.983. The van der Waals surface area contributed by atoms with Gasteiger partial charge < -0.3 is 25.7 Å². The number of nitrogens with one attached hydrogen (secondary N) is 1. The third-order valence-corrected chi connectivity index (χ3v) is 11.0. The lowest BCUT2D eigenvalue weighted by Crippen LogP contribution is -2.53. The molecular formula is C46H91NO5. The van der Waals surface area contributed by atoms with E-state index in [4.69, 9.17) is 0 Å². The zero-order chi connectivity index (χ0) is 38.2. The van der Waals surface area contributed by atoms with Crippen LogP contribution in [0.1, 0.15) is 245 Å². The minimum absolute atomic E-state index is 0.367. The first-order valence-corrected chi connectivity index (χ1v) is 23.1. The number of aliphatic hydroxyl groups excluding tert-OH is 4. The van der Waals surface area contributed by atoms with E-state index >= 15 is 0 Å². The Hall–Kier alpha value is -0.950. The molecule has 0 spiro atoms. The highest BCUT2D eigenvalue weighted by Crippen LogP contribution is 2.17. The molecule has 5 N–H and O–H groups in total. The summed E-state index contributed by atoms with van der Waals surface area (Å²) in [5.41, 5.74) is 0. The molecule has 4 unspecified atom stereocenters. The van der Waals surface area contributed by atoms with Crippen molar-refractivity contribution in [2.75, 3.05) is 6.61 Å². The van der Waals surface area contributed by atoms with Crippen LogP contribution in [0.3, 0.4) is 0 Å². The van der Waals surface area contributed by atoms with Gasteiger partial charge in [0.25, 0.3) is 0 Å². The second-order valence-electron chi connectivity index (χ2n) is 16.1. The normalized spacial score (nSPS) is 14.2. The molecule has 0 aliphatic rings. The minimum atomic E-state index is -1.26. The maximum Gasteiger partial charge on any atom is 0.249 e. The molecule has 0 saturated carbocycles. The predicted octanol–water partition coefficient (Wildman–Crippen LogP) is 12.2. The van der Waals surface area contributed by atoms with Gasteiger partial charge in [-0.15, -0.1) is 0 Å². The number of aliphatic hydroxyl groups is 4. The van der Waals surface area contributed by atoms with Crippen LogP contribution < -0.4 is 5.32 Å². The van der Waals surface area contributed by atoms with E-state index in [1.807, 2.05) is 0 Å². The van der Waals surface area contributed by atoms with Crippen LogP contribution in [0.15, 0.2) is 12.2 Å². The van der Waals surface area contributed by atoms with Crippen LogP contribution in [0.25, 0.3) is 0 Å². The van der Waals surface area contributed by atoms with Gasteiger partial charge in [0.15, 0.2) is 0 Å². The molecule has 0 heterocycles. The average Bonchev–Trinajstić information content (AvgIpc) is 3.15. The van der Waals surface area contributed by atoms with E-state index in [0.29, 0.717) is 12.8 Å².